The summed E-state index contributed by atoms with van der Waals surface area (Å²) in [4.78, 5) is 0. The second-order valence-corrected chi connectivity index (χ2v) is 7.34. The highest BCUT2D eigenvalue weighted by Crippen LogP contribution is 2.24. The SMILES string of the molecule is CCCCCCCCC=CCCCCCC(O)Cc1cc(O)ccc1O. The number of hydrogen-bond acceptors (Lipinski definition) is 3. The summed E-state index contributed by atoms with van der Waals surface area (Å²) in [6.07, 6.45) is 19.0. The van der Waals surface area contributed by atoms with Gasteiger partial charge in [0.25, 0.3) is 0 Å². The van der Waals surface area contributed by atoms with E-state index < -0.39 is 6.10 Å². The minimum Gasteiger partial charge on any atom is -0.508 e. The molecular formula is C23H38O3. The van der Waals surface area contributed by atoms with Crippen molar-refractivity contribution in [3.63, 3.8) is 0 Å². The number of aliphatic hydroxyl groups excluding tert-OH is 1. The topological polar surface area (TPSA) is 60.7 Å². The predicted octanol–water partition coefficient (Wildman–Crippen LogP) is 6.26. The molecule has 0 saturated heterocycles. The van der Waals surface area contributed by atoms with Crippen molar-refractivity contribution in [2.45, 2.75) is 96.5 Å². The zero-order chi connectivity index (χ0) is 19.0. The quantitative estimate of drug-likeness (QED) is 0.196. The molecule has 0 aromatic heterocycles. The van der Waals surface area contributed by atoms with Crippen LogP contribution in [0.3, 0.4) is 0 Å². The Morgan fingerprint density at radius 3 is 2.15 bits per heavy atom. The molecule has 1 unspecified atom stereocenters. The van der Waals surface area contributed by atoms with Gasteiger partial charge in [-0.25, -0.2) is 0 Å². The van der Waals surface area contributed by atoms with Gasteiger partial charge in [-0.2, -0.15) is 0 Å². The summed E-state index contributed by atoms with van der Waals surface area (Å²) in [5.41, 5.74) is 0.607. The number of aliphatic hydroxyl groups is 1. The second-order valence-electron chi connectivity index (χ2n) is 7.34. The maximum atomic E-state index is 10.1. The number of rotatable bonds is 15. The Kier molecular flexibility index (Phi) is 12.7. The zero-order valence-electron chi connectivity index (χ0n) is 16.5. The lowest BCUT2D eigenvalue weighted by Gasteiger charge is -2.11. The molecule has 3 N–H and O–H groups in total. The normalized spacial score (nSPS) is 12.7. The van der Waals surface area contributed by atoms with E-state index in [1.807, 2.05) is 0 Å². The minimum absolute atomic E-state index is 0.123. The fourth-order valence-electron chi connectivity index (χ4n) is 3.19. The number of benzene rings is 1. The first-order valence-electron chi connectivity index (χ1n) is 10.5. The van der Waals surface area contributed by atoms with Gasteiger partial charge in [0.1, 0.15) is 11.5 Å². The summed E-state index contributed by atoms with van der Waals surface area (Å²) in [5, 5.41) is 29.3. The van der Waals surface area contributed by atoms with Crippen LogP contribution in [0.4, 0.5) is 0 Å². The summed E-state index contributed by atoms with van der Waals surface area (Å²) >= 11 is 0. The van der Waals surface area contributed by atoms with Gasteiger partial charge in [0, 0.05) is 12.0 Å². The van der Waals surface area contributed by atoms with Crippen molar-refractivity contribution in [1.82, 2.24) is 0 Å². The highest BCUT2D eigenvalue weighted by Gasteiger charge is 2.09. The molecule has 1 aromatic carbocycles. The third-order valence-corrected chi connectivity index (χ3v) is 4.82. The fourth-order valence-corrected chi connectivity index (χ4v) is 3.19. The number of phenolic OH excluding ortho intramolecular Hbond substituents is 2. The van der Waals surface area contributed by atoms with Gasteiger partial charge in [0.05, 0.1) is 6.10 Å². The van der Waals surface area contributed by atoms with Gasteiger partial charge >= 0.3 is 0 Å². The molecule has 3 heteroatoms. The van der Waals surface area contributed by atoms with Crippen LogP contribution < -0.4 is 0 Å². The van der Waals surface area contributed by atoms with E-state index in [4.69, 9.17) is 0 Å². The van der Waals surface area contributed by atoms with Crippen LogP contribution >= 0.6 is 0 Å². The molecule has 0 radical (unpaired) electrons. The molecule has 0 bridgehead atoms. The van der Waals surface area contributed by atoms with E-state index in [0.29, 0.717) is 12.0 Å². The molecule has 1 aromatic rings. The smallest absolute Gasteiger partial charge is 0.119 e. The van der Waals surface area contributed by atoms with E-state index in [9.17, 15) is 15.3 Å². The monoisotopic (exact) mass is 362 g/mol. The summed E-state index contributed by atoms with van der Waals surface area (Å²) in [6.45, 7) is 2.25. The number of phenols is 2. The highest BCUT2D eigenvalue weighted by molar-refractivity contribution is 5.38. The van der Waals surface area contributed by atoms with Gasteiger partial charge in [0.15, 0.2) is 0 Å². The predicted molar refractivity (Wildman–Crippen MR) is 110 cm³/mol. The zero-order valence-corrected chi connectivity index (χ0v) is 16.5. The number of hydrogen-bond donors (Lipinski definition) is 3. The van der Waals surface area contributed by atoms with Crippen molar-refractivity contribution < 1.29 is 15.3 Å². The first kappa shape index (κ1) is 22.6. The molecule has 0 fully saturated rings. The van der Waals surface area contributed by atoms with Crippen LogP contribution in [-0.2, 0) is 6.42 Å². The molecule has 1 rings (SSSR count). The first-order valence-corrected chi connectivity index (χ1v) is 10.5. The standard InChI is InChI=1S/C23H38O3/c1-2-3-4-5-6-7-8-9-10-11-12-13-14-15-21(24)18-20-19-22(25)16-17-23(20)26/h9-10,16-17,19,21,24-26H,2-8,11-15,18H2,1H3. The van der Waals surface area contributed by atoms with Gasteiger partial charge in [-0.15, -0.1) is 0 Å². The third-order valence-electron chi connectivity index (χ3n) is 4.82. The van der Waals surface area contributed by atoms with Gasteiger partial charge in [-0.05, 0) is 50.3 Å². The van der Waals surface area contributed by atoms with Crippen molar-refractivity contribution in [3.05, 3.63) is 35.9 Å². The maximum absolute atomic E-state index is 10.1. The van der Waals surface area contributed by atoms with Crippen molar-refractivity contribution in [2.75, 3.05) is 0 Å². The maximum Gasteiger partial charge on any atom is 0.119 e. The van der Waals surface area contributed by atoms with E-state index in [1.54, 1.807) is 0 Å². The second kappa shape index (κ2) is 14.7. The van der Waals surface area contributed by atoms with E-state index in [2.05, 4.69) is 19.1 Å². The Balaban J connectivity index is 1.98. The van der Waals surface area contributed by atoms with Gasteiger partial charge in [0.2, 0.25) is 0 Å². The van der Waals surface area contributed by atoms with Crippen LogP contribution in [0.25, 0.3) is 0 Å². The number of unbranched alkanes of at least 4 members (excludes halogenated alkanes) is 9. The van der Waals surface area contributed by atoms with E-state index in [1.165, 1.54) is 63.1 Å². The van der Waals surface area contributed by atoms with Crippen LogP contribution in [0, 0.1) is 0 Å². The minimum atomic E-state index is -0.467. The van der Waals surface area contributed by atoms with Crippen LogP contribution in [-0.4, -0.2) is 21.4 Å². The summed E-state index contributed by atoms with van der Waals surface area (Å²) in [5.74, 6) is 0.259. The largest absolute Gasteiger partial charge is 0.508 e. The molecule has 26 heavy (non-hydrogen) atoms. The summed E-state index contributed by atoms with van der Waals surface area (Å²) in [6, 6.07) is 4.44. The van der Waals surface area contributed by atoms with Crippen molar-refractivity contribution in [2.24, 2.45) is 0 Å². The number of aromatic hydroxyl groups is 2. The Hall–Kier alpha value is -1.48. The van der Waals surface area contributed by atoms with E-state index in [-0.39, 0.29) is 11.5 Å². The molecule has 0 heterocycles. The molecule has 0 amide bonds. The third kappa shape index (κ3) is 11.2. The Labute approximate surface area is 159 Å². The first-order chi connectivity index (χ1) is 12.6. The summed E-state index contributed by atoms with van der Waals surface area (Å²) in [7, 11) is 0. The van der Waals surface area contributed by atoms with Crippen molar-refractivity contribution in [1.29, 1.82) is 0 Å². The molecule has 0 aliphatic rings. The molecule has 0 spiro atoms. The fraction of sp³-hybridized carbons (Fsp3) is 0.652. The highest BCUT2D eigenvalue weighted by atomic mass is 16.3. The molecule has 0 aliphatic carbocycles. The summed E-state index contributed by atoms with van der Waals surface area (Å²) < 4.78 is 0. The van der Waals surface area contributed by atoms with Gasteiger partial charge in [-0.1, -0.05) is 64.0 Å². The van der Waals surface area contributed by atoms with E-state index >= 15 is 0 Å². The van der Waals surface area contributed by atoms with Crippen LogP contribution in [0.5, 0.6) is 11.5 Å². The molecule has 1 atom stereocenters. The Morgan fingerprint density at radius 1 is 0.846 bits per heavy atom. The molecule has 3 nitrogen and oxygen atoms in total. The average molecular weight is 363 g/mol. The van der Waals surface area contributed by atoms with Crippen LogP contribution in [0.1, 0.15) is 89.5 Å². The molecule has 148 valence electrons. The molecular weight excluding hydrogens is 324 g/mol. The lowest BCUT2D eigenvalue weighted by Crippen LogP contribution is -2.10. The van der Waals surface area contributed by atoms with E-state index in [0.717, 1.165) is 32.1 Å². The van der Waals surface area contributed by atoms with Crippen LogP contribution in [0.15, 0.2) is 30.4 Å². The Bertz CT molecular complexity index is 496. The lowest BCUT2D eigenvalue weighted by atomic mass is 10.0. The van der Waals surface area contributed by atoms with Crippen LogP contribution in [0.2, 0.25) is 0 Å². The number of allylic oxidation sites excluding steroid dienone is 2. The molecule has 0 saturated carbocycles. The van der Waals surface area contributed by atoms with Crippen molar-refractivity contribution in [3.8, 4) is 11.5 Å². The van der Waals surface area contributed by atoms with Crippen molar-refractivity contribution >= 4 is 0 Å². The van der Waals surface area contributed by atoms with Gasteiger partial charge in [-0.3, -0.25) is 0 Å². The van der Waals surface area contributed by atoms with Gasteiger partial charge < -0.3 is 15.3 Å². The average Bonchev–Trinajstić information content (AvgIpc) is 2.62. The lowest BCUT2D eigenvalue weighted by molar-refractivity contribution is 0.160. The molecule has 0 aliphatic heterocycles. The Morgan fingerprint density at radius 2 is 1.46 bits per heavy atom.